The van der Waals surface area contributed by atoms with Gasteiger partial charge in [0, 0.05) is 25.7 Å². The first-order chi connectivity index (χ1) is 11.8. The number of nitrogens with one attached hydrogen (secondary N) is 1. The Kier molecular flexibility index (Phi) is 6.80. The summed E-state index contributed by atoms with van der Waals surface area (Å²) >= 11 is 0. The van der Waals surface area contributed by atoms with Gasteiger partial charge in [-0.25, -0.2) is 8.42 Å². The van der Waals surface area contributed by atoms with Crippen LogP contribution < -0.4 is 10.1 Å². The third kappa shape index (κ3) is 5.42. The molecule has 1 heterocycles. The summed E-state index contributed by atoms with van der Waals surface area (Å²) < 4.78 is 32.2. The maximum absolute atomic E-state index is 12.8. The topological polar surface area (TPSA) is 79.0 Å². The fraction of sp³-hybridized carbons (Fsp3) is 0.588. The predicted octanol–water partition coefficient (Wildman–Crippen LogP) is 0.916. The summed E-state index contributed by atoms with van der Waals surface area (Å²) in [7, 11) is -1.99. The van der Waals surface area contributed by atoms with Crippen LogP contribution in [-0.4, -0.2) is 69.4 Å². The number of carbonyl (C=O) groups is 1. The van der Waals surface area contributed by atoms with Crippen molar-refractivity contribution in [3.8, 4) is 5.75 Å². The fourth-order valence-corrected chi connectivity index (χ4v) is 4.28. The summed E-state index contributed by atoms with van der Waals surface area (Å²) in [6.45, 7) is 6.22. The molecule has 1 saturated heterocycles. The van der Waals surface area contributed by atoms with E-state index in [0.29, 0.717) is 44.9 Å². The Balaban J connectivity index is 2.00. The van der Waals surface area contributed by atoms with Gasteiger partial charge in [0.2, 0.25) is 15.9 Å². The molecule has 1 aliphatic rings. The molecule has 1 aromatic rings. The van der Waals surface area contributed by atoms with Crippen molar-refractivity contribution in [2.24, 2.45) is 0 Å². The molecule has 0 aromatic heterocycles. The second-order valence-corrected chi connectivity index (χ2v) is 8.37. The van der Waals surface area contributed by atoms with E-state index in [9.17, 15) is 13.2 Å². The number of carbonyl (C=O) groups excluding carboxylic acids is 1. The zero-order valence-corrected chi connectivity index (χ0v) is 15.9. The Morgan fingerprint density at radius 2 is 1.84 bits per heavy atom. The van der Waals surface area contributed by atoms with Gasteiger partial charge in [-0.15, -0.1) is 0 Å². The van der Waals surface area contributed by atoms with E-state index in [1.807, 2.05) is 18.7 Å². The molecule has 25 heavy (non-hydrogen) atoms. The third-order valence-corrected chi connectivity index (χ3v) is 5.97. The zero-order valence-electron chi connectivity index (χ0n) is 15.1. The number of hydrogen-bond acceptors (Lipinski definition) is 5. The molecule has 1 aliphatic heterocycles. The molecule has 1 aromatic carbocycles. The molecule has 0 unspecified atom stereocenters. The van der Waals surface area contributed by atoms with Gasteiger partial charge in [0.25, 0.3) is 0 Å². The van der Waals surface area contributed by atoms with Crippen molar-refractivity contribution in [2.45, 2.75) is 31.2 Å². The summed E-state index contributed by atoms with van der Waals surface area (Å²) in [6.07, 6.45) is 0.699. The van der Waals surface area contributed by atoms with Gasteiger partial charge >= 0.3 is 0 Å². The van der Waals surface area contributed by atoms with E-state index >= 15 is 0 Å². The van der Waals surface area contributed by atoms with E-state index in [4.69, 9.17) is 4.74 Å². The van der Waals surface area contributed by atoms with E-state index < -0.39 is 10.0 Å². The van der Waals surface area contributed by atoms with Gasteiger partial charge in [0.1, 0.15) is 5.75 Å². The largest absolute Gasteiger partial charge is 0.497 e. The maximum Gasteiger partial charge on any atom is 0.243 e. The minimum Gasteiger partial charge on any atom is -0.497 e. The number of amides is 1. The number of benzene rings is 1. The molecule has 0 bridgehead atoms. The molecule has 7 nitrogen and oxygen atoms in total. The van der Waals surface area contributed by atoms with Crippen molar-refractivity contribution in [3.05, 3.63) is 24.3 Å². The van der Waals surface area contributed by atoms with Crippen LogP contribution in [0.4, 0.5) is 0 Å². The summed E-state index contributed by atoms with van der Waals surface area (Å²) in [4.78, 5) is 14.2. The fourth-order valence-electron chi connectivity index (χ4n) is 2.81. The maximum atomic E-state index is 12.8. The molecule has 2 rings (SSSR count). The van der Waals surface area contributed by atoms with Crippen molar-refractivity contribution in [1.29, 1.82) is 0 Å². The van der Waals surface area contributed by atoms with Crippen LogP contribution in [0.15, 0.2) is 29.2 Å². The molecule has 1 fully saturated rings. The molecule has 0 saturated carbocycles. The van der Waals surface area contributed by atoms with Crippen LogP contribution in [0.1, 0.15) is 20.3 Å². The van der Waals surface area contributed by atoms with E-state index in [1.54, 1.807) is 31.4 Å². The summed E-state index contributed by atoms with van der Waals surface area (Å²) in [5.74, 6) is 0.596. The van der Waals surface area contributed by atoms with Crippen molar-refractivity contribution in [1.82, 2.24) is 14.5 Å². The second kappa shape index (κ2) is 8.64. The normalized spacial score (nSPS) is 17.3. The van der Waals surface area contributed by atoms with Crippen molar-refractivity contribution in [2.75, 3.05) is 39.8 Å². The van der Waals surface area contributed by atoms with Crippen molar-refractivity contribution < 1.29 is 17.9 Å². The van der Waals surface area contributed by atoms with Crippen LogP contribution in [0.5, 0.6) is 5.75 Å². The number of sulfonamides is 1. The van der Waals surface area contributed by atoms with E-state index in [0.717, 1.165) is 0 Å². The first kappa shape index (κ1) is 19.7. The Bertz CT molecular complexity index is 674. The van der Waals surface area contributed by atoms with Gasteiger partial charge in [-0.05, 0) is 51.1 Å². The number of hydrogen-bond donors (Lipinski definition) is 1. The molecular formula is C17H27N3O4S. The first-order valence-electron chi connectivity index (χ1n) is 8.49. The average molecular weight is 369 g/mol. The first-order valence-corrected chi connectivity index (χ1v) is 9.93. The smallest absolute Gasteiger partial charge is 0.243 e. The lowest BCUT2D eigenvalue weighted by atomic mass is 10.3. The number of methoxy groups -OCH3 is 1. The lowest BCUT2D eigenvalue weighted by Gasteiger charge is -2.22. The van der Waals surface area contributed by atoms with E-state index in [-0.39, 0.29) is 16.8 Å². The summed E-state index contributed by atoms with van der Waals surface area (Å²) in [5.41, 5.74) is 0. The van der Waals surface area contributed by atoms with E-state index in [1.165, 1.54) is 4.31 Å². The Labute approximate surface area is 150 Å². The Morgan fingerprint density at radius 1 is 1.16 bits per heavy atom. The van der Waals surface area contributed by atoms with E-state index in [2.05, 4.69) is 5.32 Å². The van der Waals surface area contributed by atoms with Gasteiger partial charge in [-0.1, -0.05) is 0 Å². The van der Waals surface area contributed by atoms with Crippen LogP contribution >= 0.6 is 0 Å². The average Bonchev–Trinajstić information content (AvgIpc) is 2.80. The summed E-state index contributed by atoms with van der Waals surface area (Å²) in [5, 5.41) is 2.86. The van der Waals surface area contributed by atoms with Gasteiger partial charge < -0.3 is 10.1 Å². The quantitative estimate of drug-likeness (QED) is 0.807. The molecule has 1 N–H and O–H groups in total. The molecular weight excluding hydrogens is 342 g/mol. The molecule has 0 spiro atoms. The Hall–Kier alpha value is -1.64. The van der Waals surface area contributed by atoms with Gasteiger partial charge in [0.15, 0.2) is 0 Å². The third-order valence-electron chi connectivity index (χ3n) is 4.06. The highest BCUT2D eigenvalue weighted by atomic mass is 32.2. The molecule has 0 aliphatic carbocycles. The van der Waals surface area contributed by atoms with Crippen LogP contribution in [0, 0.1) is 0 Å². The van der Waals surface area contributed by atoms with Crippen molar-refractivity contribution >= 4 is 15.9 Å². The number of ether oxygens (including phenoxy) is 1. The SMILES string of the molecule is COc1ccc(S(=O)(=O)N2CCCN(CC(=O)NC(C)C)CC2)cc1. The molecule has 0 radical (unpaired) electrons. The standard InChI is InChI=1S/C17H27N3O4S/c1-14(2)18-17(21)13-19-9-4-10-20(12-11-19)25(22,23)16-7-5-15(24-3)6-8-16/h5-8,14H,4,9-13H2,1-3H3,(H,18,21). The number of nitrogens with zero attached hydrogens (tertiary/aromatic N) is 2. The predicted molar refractivity (Wildman–Crippen MR) is 96.1 cm³/mol. The monoisotopic (exact) mass is 369 g/mol. The van der Waals surface area contributed by atoms with Crippen LogP contribution in [-0.2, 0) is 14.8 Å². The van der Waals surface area contributed by atoms with Gasteiger partial charge in [-0.3, -0.25) is 9.69 Å². The van der Waals surface area contributed by atoms with Crippen LogP contribution in [0.3, 0.4) is 0 Å². The highest BCUT2D eigenvalue weighted by molar-refractivity contribution is 7.89. The minimum atomic E-state index is -3.53. The zero-order chi connectivity index (χ0) is 18.4. The van der Waals surface area contributed by atoms with Crippen LogP contribution in [0.2, 0.25) is 0 Å². The lowest BCUT2D eigenvalue weighted by molar-refractivity contribution is -0.122. The summed E-state index contributed by atoms with van der Waals surface area (Å²) in [6, 6.07) is 6.52. The van der Waals surface area contributed by atoms with Crippen molar-refractivity contribution in [3.63, 3.8) is 0 Å². The molecule has 1 amide bonds. The van der Waals surface area contributed by atoms with Gasteiger partial charge in [0.05, 0.1) is 18.6 Å². The number of rotatable bonds is 6. The second-order valence-electron chi connectivity index (χ2n) is 6.43. The van der Waals surface area contributed by atoms with Crippen LogP contribution in [0.25, 0.3) is 0 Å². The lowest BCUT2D eigenvalue weighted by Crippen LogP contribution is -2.41. The van der Waals surface area contributed by atoms with Gasteiger partial charge in [-0.2, -0.15) is 4.31 Å². The molecule has 140 valence electrons. The highest BCUT2D eigenvalue weighted by Gasteiger charge is 2.27. The Morgan fingerprint density at radius 3 is 2.44 bits per heavy atom. The highest BCUT2D eigenvalue weighted by Crippen LogP contribution is 2.20. The molecule has 0 atom stereocenters. The minimum absolute atomic E-state index is 0.0264. The molecule has 8 heteroatoms.